The minimum Gasteiger partial charge on any atom is -0.462 e. The fourth-order valence-corrected chi connectivity index (χ4v) is 6.04. The van der Waals surface area contributed by atoms with E-state index in [-0.39, 0.29) is 22.9 Å². The summed E-state index contributed by atoms with van der Waals surface area (Å²) >= 11 is 0. The summed E-state index contributed by atoms with van der Waals surface area (Å²) in [6.45, 7) is 3.93. The summed E-state index contributed by atoms with van der Waals surface area (Å²) in [7, 11) is -4.18. The average molecular weight is 538 g/mol. The van der Waals surface area contributed by atoms with Gasteiger partial charge in [0, 0.05) is 10.9 Å². The molecule has 7 heteroatoms. The summed E-state index contributed by atoms with van der Waals surface area (Å²) in [5.74, 6) is -0.526. The molecule has 1 heterocycles. The van der Waals surface area contributed by atoms with Gasteiger partial charge in [0.1, 0.15) is 4.90 Å². The highest BCUT2D eigenvalue weighted by molar-refractivity contribution is 7.91. The number of nitrogens with zero attached hydrogens (tertiary/aromatic N) is 1. The van der Waals surface area contributed by atoms with Crippen molar-refractivity contribution in [3.05, 3.63) is 130 Å². The maximum absolute atomic E-state index is 13.9. The molecule has 6 nitrogen and oxygen atoms in total. The van der Waals surface area contributed by atoms with Crippen LogP contribution in [-0.2, 0) is 21.1 Å². The lowest BCUT2D eigenvalue weighted by molar-refractivity contribution is 0.0527. The van der Waals surface area contributed by atoms with Crippen LogP contribution in [0, 0.1) is 6.92 Å². The fraction of sp³-hybridized carbons (Fsp3) is 0.125. The molecule has 196 valence electrons. The number of sulfone groups is 1. The molecule has 0 unspecified atom stereocenters. The topological polar surface area (TPSA) is 82.4 Å². The number of aryl methyl sites for hydroxylation is 1. The normalized spacial score (nSPS) is 11.4. The van der Waals surface area contributed by atoms with Crippen molar-refractivity contribution in [3.8, 4) is 11.1 Å². The molecule has 4 aromatic carbocycles. The van der Waals surface area contributed by atoms with Gasteiger partial charge in [0.25, 0.3) is 5.56 Å². The molecule has 0 amide bonds. The SMILES string of the molecule is CCOC(=O)c1ccc2c(cc(S(=O)(=O)c3ccc(C)cc3)c(=O)n2Cc2ccccc2)c1-c1ccccc1. The van der Waals surface area contributed by atoms with Gasteiger partial charge in [0.05, 0.1) is 29.1 Å². The second-order valence-electron chi connectivity index (χ2n) is 9.21. The molecule has 39 heavy (non-hydrogen) atoms. The van der Waals surface area contributed by atoms with Gasteiger partial charge < -0.3 is 9.30 Å². The highest BCUT2D eigenvalue weighted by Gasteiger charge is 2.27. The zero-order valence-electron chi connectivity index (χ0n) is 21.6. The monoisotopic (exact) mass is 537 g/mol. The zero-order chi connectivity index (χ0) is 27.6. The van der Waals surface area contributed by atoms with Gasteiger partial charge in [-0.25, -0.2) is 13.2 Å². The zero-order valence-corrected chi connectivity index (χ0v) is 22.4. The van der Waals surface area contributed by atoms with Crippen LogP contribution in [-0.4, -0.2) is 25.6 Å². The standard InChI is InChI=1S/C32H27NO5S/c1-3-38-32(35)26-18-19-28-27(30(26)24-12-8-5-9-13-24)20-29(39(36,37)25-16-14-22(2)15-17-25)31(34)33(28)21-23-10-6-4-7-11-23/h4-20H,3,21H2,1-2H3. The smallest absolute Gasteiger partial charge is 0.338 e. The number of hydrogen-bond acceptors (Lipinski definition) is 5. The predicted molar refractivity (Wildman–Crippen MR) is 152 cm³/mol. The van der Waals surface area contributed by atoms with E-state index in [0.717, 1.165) is 11.1 Å². The molecule has 5 aromatic rings. The maximum Gasteiger partial charge on any atom is 0.338 e. The molecule has 0 atom stereocenters. The van der Waals surface area contributed by atoms with Crippen LogP contribution >= 0.6 is 0 Å². The van der Waals surface area contributed by atoms with Crippen molar-refractivity contribution in [1.29, 1.82) is 0 Å². The number of aromatic nitrogens is 1. The van der Waals surface area contributed by atoms with Gasteiger partial charge in [0.15, 0.2) is 0 Å². The summed E-state index contributed by atoms with van der Waals surface area (Å²) < 4.78 is 34.6. The molecule has 0 spiro atoms. The molecule has 0 N–H and O–H groups in total. The molecule has 0 aliphatic carbocycles. The minimum atomic E-state index is -4.18. The molecule has 0 aliphatic heterocycles. The highest BCUT2D eigenvalue weighted by atomic mass is 32.2. The van der Waals surface area contributed by atoms with Crippen molar-refractivity contribution < 1.29 is 17.9 Å². The van der Waals surface area contributed by atoms with Crippen LogP contribution in [0.3, 0.4) is 0 Å². The Bertz CT molecular complexity index is 1830. The lowest BCUT2D eigenvalue weighted by Gasteiger charge is -2.18. The van der Waals surface area contributed by atoms with Crippen molar-refractivity contribution in [3.63, 3.8) is 0 Å². The predicted octanol–water partition coefficient (Wildman–Crippen LogP) is 6.03. The summed E-state index contributed by atoms with van der Waals surface area (Å²) in [6, 6.07) is 29.7. The first-order valence-electron chi connectivity index (χ1n) is 12.6. The second-order valence-corrected chi connectivity index (χ2v) is 11.1. The number of esters is 1. The van der Waals surface area contributed by atoms with Gasteiger partial charge in [-0.15, -0.1) is 0 Å². The Kier molecular flexibility index (Phi) is 7.17. The van der Waals surface area contributed by atoms with Gasteiger partial charge in [-0.3, -0.25) is 4.79 Å². The number of pyridine rings is 1. The van der Waals surface area contributed by atoms with Crippen molar-refractivity contribution >= 4 is 26.7 Å². The van der Waals surface area contributed by atoms with E-state index in [9.17, 15) is 18.0 Å². The van der Waals surface area contributed by atoms with Crippen LogP contribution in [0.25, 0.3) is 22.0 Å². The van der Waals surface area contributed by atoms with E-state index in [1.807, 2.05) is 67.6 Å². The lowest BCUT2D eigenvalue weighted by atomic mass is 9.94. The Balaban J connectivity index is 1.90. The van der Waals surface area contributed by atoms with E-state index >= 15 is 0 Å². The molecule has 5 rings (SSSR count). The Morgan fingerprint density at radius 3 is 2.13 bits per heavy atom. The van der Waals surface area contributed by atoms with Gasteiger partial charge in [-0.1, -0.05) is 78.4 Å². The summed E-state index contributed by atoms with van der Waals surface area (Å²) in [6.07, 6.45) is 0. The largest absolute Gasteiger partial charge is 0.462 e. The number of ether oxygens (including phenoxy) is 1. The van der Waals surface area contributed by atoms with E-state index < -0.39 is 21.4 Å². The number of benzene rings is 4. The molecule has 0 fully saturated rings. The average Bonchev–Trinajstić information content (AvgIpc) is 2.95. The quantitative estimate of drug-likeness (QED) is 0.237. The van der Waals surface area contributed by atoms with E-state index in [1.54, 1.807) is 31.2 Å². The third-order valence-electron chi connectivity index (χ3n) is 6.61. The summed E-state index contributed by atoms with van der Waals surface area (Å²) in [5.41, 5.74) is 3.12. The van der Waals surface area contributed by atoms with Gasteiger partial charge in [-0.2, -0.15) is 0 Å². The Hall–Kier alpha value is -4.49. The van der Waals surface area contributed by atoms with Crippen LogP contribution in [0.2, 0.25) is 0 Å². The molecule has 0 saturated carbocycles. The first-order valence-corrected chi connectivity index (χ1v) is 14.1. The first-order chi connectivity index (χ1) is 18.8. The van der Waals surface area contributed by atoms with Crippen molar-refractivity contribution in [2.75, 3.05) is 6.61 Å². The van der Waals surface area contributed by atoms with E-state index in [4.69, 9.17) is 4.74 Å². The first kappa shape index (κ1) is 26.1. The van der Waals surface area contributed by atoms with E-state index in [2.05, 4.69) is 0 Å². The third-order valence-corrected chi connectivity index (χ3v) is 8.37. The highest BCUT2D eigenvalue weighted by Crippen LogP contribution is 2.34. The number of fused-ring (bicyclic) bond motifs is 1. The van der Waals surface area contributed by atoms with Crippen LogP contribution in [0.15, 0.2) is 118 Å². The number of carbonyl (C=O) groups excluding carboxylic acids is 1. The molecular weight excluding hydrogens is 510 g/mol. The summed E-state index contributed by atoms with van der Waals surface area (Å²) in [4.78, 5) is 26.7. The Morgan fingerprint density at radius 1 is 0.846 bits per heavy atom. The molecule has 1 aromatic heterocycles. The van der Waals surface area contributed by atoms with Crippen molar-refractivity contribution in [2.45, 2.75) is 30.2 Å². The molecule has 0 bridgehead atoms. The minimum absolute atomic E-state index is 0.0265. The Morgan fingerprint density at radius 2 is 1.49 bits per heavy atom. The molecule has 0 aliphatic rings. The number of rotatable bonds is 7. The van der Waals surface area contributed by atoms with Gasteiger partial charge >= 0.3 is 5.97 Å². The van der Waals surface area contributed by atoms with E-state index in [0.29, 0.717) is 27.6 Å². The third kappa shape index (κ3) is 5.01. The van der Waals surface area contributed by atoms with Crippen LogP contribution in [0.4, 0.5) is 0 Å². The Labute approximate surface area is 227 Å². The lowest BCUT2D eigenvalue weighted by Crippen LogP contribution is -2.27. The molecule has 0 saturated heterocycles. The van der Waals surface area contributed by atoms with Crippen molar-refractivity contribution in [1.82, 2.24) is 4.57 Å². The summed E-state index contributed by atoms with van der Waals surface area (Å²) in [5, 5.41) is 0.466. The van der Waals surface area contributed by atoms with Gasteiger partial charge in [0.2, 0.25) is 9.84 Å². The number of hydrogen-bond donors (Lipinski definition) is 0. The van der Waals surface area contributed by atoms with Gasteiger partial charge in [-0.05, 0) is 55.3 Å². The van der Waals surface area contributed by atoms with Crippen LogP contribution < -0.4 is 5.56 Å². The van der Waals surface area contributed by atoms with E-state index in [1.165, 1.54) is 22.8 Å². The number of carbonyl (C=O) groups is 1. The maximum atomic E-state index is 13.9. The van der Waals surface area contributed by atoms with Crippen LogP contribution in [0.1, 0.15) is 28.4 Å². The van der Waals surface area contributed by atoms with Crippen LogP contribution in [0.5, 0.6) is 0 Å². The molecular formula is C32H27NO5S. The fourth-order valence-electron chi connectivity index (χ4n) is 4.68. The van der Waals surface area contributed by atoms with Crippen molar-refractivity contribution in [2.24, 2.45) is 0 Å². The second kappa shape index (κ2) is 10.7. The molecule has 0 radical (unpaired) electrons.